The molecule has 0 aliphatic heterocycles. The quantitative estimate of drug-likeness (QED) is 0.531. The average Bonchev–Trinajstić information content (AvgIpc) is 3.13. The van der Waals surface area contributed by atoms with Gasteiger partial charge in [0.25, 0.3) is 5.91 Å². The van der Waals surface area contributed by atoms with Gasteiger partial charge in [0, 0.05) is 16.8 Å². The molecule has 3 aromatic rings. The van der Waals surface area contributed by atoms with Crippen molar-refractivity contribution in [3.8, 4) is 0 Å². The third kappa shape index (κ3) is 4.49. The van der Waals surface area contributed by atoms with Gasteiger partial charge in [0.1, 0.15) is 11.3 Å². The standard InChI is InChI=1S/C21H17NO5/c1-14-18(11-12-26-14)21(25)27-13-19(23)15-7-9-17(10-8-15)22-20(24)16-5-3-2-4-6-16/h2-12H,13H2,1H3,(H,22,24). The number of hydrogen-bond acceptors (Lipinski definition) is 5. The van der Waals surface area contributed by atoms with Crippen molar-refractivity contribution in [3.63, 3.8) is 0 Å². The van der Waals surface area contributed by atoms with E-state index in [-0.39, 0.29) is 18.3 Å². The lowest BCUT2D eigenvalue weighted by Gasteiger charge is -2.07. The number of furan rings is 1. The summed E-state index contributed by atoms with van der Waals surface area (Å²) < 4.78 is 10.1. The molecule has 0 radical (unpaired) electrons. The van der Waals surface area contributed by atoms with Crippen LogP contribution in [0.15, 0.2) is 71.3 Å². The summed E-state index contributed by atoms with van der Waals surface area (Å²) in [7, 11) is 0. The molecule has 3 rings (SSSR count). The second-order valence-electron chi connectivity index (χ2n) is 5.79. The van der Waals surface area contributed by atoms with Gasteiger partial charge in [0.2, 0.25) is 0 Å². The number of hydrogen-bond donors (Lipinski definition) is 1. The summed E-state index contributed by atoms with van der Waals surface area (Å²) in [6.45, 7) is 1.26. The van der Waals surface area contributed by atoms with Crippen LogP contribution in [0.4, 0.5) is 5.69 Å². The van der Waals surface area contributed by atoms with Crippen molar-refractivity contribution < 1.29 is 23.5 Å². The van der Waals surface area contributed by atoms with E-state index in [0.717, 1.165) is 0 Å². The number of aryl methyl sites for hydroxylation is 1. The van der Waals surface area contributed by atoms with E-state index < -0.39 is 5.97 Å². The third-order valence-corrected chi connectivity index (χ3v) is 3.91. The zero-order valence-corrected chi connectivity index (χ0v) is 14.6. The highest BCUT2D eigenvalue weighted by molar-refractivity contribution is 6.05. The molecule has 1 amide bonds. The van der Waals surface area contributed by atoms with Gasteiger partial charge in [-0.25, -0.2) is 4.79 Å². The number of anilines is 1. The molecule has 0 aliphatic carbocycles. The lowest BCUT2D eigenvalue weighted by Crippen LogP contribution is -2.15. The Labute approximate surface area is 155 Å². The fraction of sp³-hybridized carbons (Fsp3) is 0.0952. The lowest BCUT2D eigenvalue weighted by molar-refractivity contribution is 0.0473. The zero-order chi connectivity index (χ0) is 19.2. The van der Waals surface area contributed by atoms with Gasteiger partial charge in [-0.1, -0.05) is 18.2 Å². The molecule has 1 aromatic heterocycles. The highest BCUT2D eigenvalue weighted by atomic mass is 16.5. The number of Topliss-reactive ketones (excluding diaryl/α,β-unsaturated/α-hetero) is 1. The zero-order valence-electron chi connectivity index (χ0n) is 14.6. The molecular weight excluding hydrogens is 346 g/mol. The first-order chi connectivity index (χ1) is 13.0. The molecule has 0 aliphatic rings. The summed E-state index contributed by atoms with van der Waals surface area (Å²) in [5.74, 6) is -0.753. The summed E-state index contributed by atoms with van der Waals surface area (Å²) in [6.07, 6.45) is 1.39. The minimum Gasteiger partial charge on any atom is -0.469 e. The van der Waals surface area contributed by atoms with E-state index >= 15 is 0 Å². The van der Waals surface area contributed by atoms with E-state index in [9.17, 15) is 14.4 Å². The van der Waals surface area contributed by atoms with E-state index in [1.165, 1.54) is 12.3 Å². The number of nitrogens with one attached hydrogen (secondary N) is 1. The molecule has 0 saturated carbocycles. The van der Waals surface area contributed by atoms with Crippen LogP contribution in [-0.4, -0.2) is 24.3 Å². The van der Waals surface area contributed by atoms with Gasteiger partial charge in [-0.05, 0) is 49.4 Å². The summed E-state index contributed by atoms with van der Waals surface area (Å²) in [6, 6.07) is 16.7. The normalized spacial score (nSPS) is 10.3. The Morgan fingerprint density at radius 1 is 0.926 bits per heavy atom. The fourth-order valence-electron chi connectivity index (χ4n) is 2.42. The number of ketones is 1. The number of carbonyl (C=O) groups excluding carboxylic acids is 3. The number of amides is 1. The average molecular weight is 363 g/mol. The number of carbonyl (C=O) groups is 3. The Morgan fingerprint density at radius 2 is 1.63 bits per heavy atom. The monoisotopic (exact) mass is 363 g/mol. The molecule has 0 spiro atoms. The highest BCUT2D eigenvalue weighted by Crippen LogP contribution is 2.13. The van der Waals surface area contributed by atoms with E-state index in [2.05, 4.69) is 5.32 Å². The Bertz CT molecular complexity index is 958. The van der Waals surface area contributed by atoms with Gasteiger partial charge >= 0.3 is 5.97 Å². The predicted molar refractivity (Wildman–Crippen MR) is 98.9 cm³/mol. The topological polar surface area (TPSA) is 85.6 Å². The number of benzene rings is 2. The van der Waals surface area contributed by atoms with Gasteiger partial charge in [0.05, 0.1) is 6.26 Å². The van der Waals surface area contributed by atoms with Crippen LogP contribution in [0, 0.1) is 6.92 Å². The minimum absolute atomic E-state index is 0.237. The minimum atomic E-state index is -0.610. The molecule has 0 fully saturated rings. The van der Waals surface area contributed by atoms with Crippen LogP contribution < -0.4 is 5.32 Å². The second-order valence-corrected chi connectivity index (χ2v) is 5.79. The predicted octanol–water partition coefficient (Wildman–Crippen LogP) is 3.88. The molecule has 0 unspecified atom stereocenters. The third-order valence-electron chi connectivity index (χ3n) is 3.91. The van der Waals surface area contributed by atoms with Crippen LogP contribution in [0.25, 0.3) is 0 Å². The molecule has 6 heteroatoms. The van der Waals surface area contributed by atoms with Crippen molar-refractivity contribution in [2.45, 2.75) is 6.92 Å². The Kier molecular flexibility index (Phi) is 5.47. The van der Waals surface area contributed by atoms with E-state index in [1.807, 2.05) is 6.07 Å². The first kappa shape index (κ1) is 18.1. The fourth-order valence-corrected chi connectivity index (χ4v) is 2.42. The van der Waals surface area contributed by atoms with Crippen molar-refractivity contribution in [2.24, 2.45) is 0 Å². The molecule has 1 heterocycles. The molecule has 0 saturated heterocycles. The Hall–Kier alpha value is -3.67. The summed E-state index contributed by atoms with van der Waals surface area (Å²) >= 11 is 0. The van der Waals surface area contributed by atoms with Gasteiger partial charge < -0.3 is 14.5 Å². The maximum Gasteiger partial charge on any atom is 0.342 e. The SMILES string of the molecule is Cc1occc1C(=O)OCC(=O)c1ccc(NC(=O)c2ccccc2)cc1. The van der Waals surface area contributed by atoms with E-state index in [0.29, 0.717) is 28.1 Å². The largest absolute Gasteiger partial charge is 0.469 e. The van der Waals surface area contributed by atoms with Crippen molar-refractivity contribution in [1.29, 1.82) is 0 Å². The molecule has 0 atom stereocenters. The van der Waals surface area contributed by atoms with Gasteiger partial charge in [-0.3, -0.25) is 9.59 Å². The van der Waals surface area contributed by atoms with Crippen LogP contribution in [0.5, 0.6) is 0 Å². The van der Waals surface area contributed by atoms with Crippen molar-refractivity contribution in [3.05, 3.63) is 89.4 Å². The van der Waals surface area contributed by atoms with Gasteiger partial charge in [0.15, 0.2) is 12.4 Å². The Balaban J connectivity index is 1.56. The van der Waals surface area contributed by atoms with Crippen LogP contribution in [0.3, 0.4) is 0 Å². The lowest BCUT2D eigenvalue weighted by atomic mass is 10.1. The molecule has 1 N–H and O–H groups in total. The Morgan fingerprint density at radius 3 is 2.26 bits per heavy atom. The van der Waals surface area contributed by atoms with Crippen LogP contribution >= 0.6 is 0 Å². The summed E-state index contributed by atoms with van der Waals surface area (Å²) in [4.78, 5) is 36.2. The molecule has 6 nitrogen and oxygen atoms in total. The molecule has 136 valence electrons. The van der Waals surface area contributed by atoms with Crippen molar-refractivity contribution in [2.75, 3.05) is 11.9 Å². The smallest absolute Gasteiger partial charge is 0.342 e. The number of rotatable bonds is 6. The summed E-state index contributed by atoms with van der Waals surface area (Å²) in [5.41, 5.74) is 1.77. The van der Waals surface area contributed by atoms with Crippen molar-refractivity contribution >= 4 is 23.3 Å². The van der Waals surface area contributed by atoms with E-state index in [1.54, 1.807) is 55.5 Å². The van der Waals surface area contributed by atoms with Gasteiger partial charge in [-0.2, -0.15) is 0 Å². The number of ether oxygens (including phenoxy) is 1. The molecule has 27 heavy (non-hydrogen) atoms. The van der Waals surface area contributed by atoms with Gasteiger partial charge in [-0.15, -0.1) is 0 Å². The van der Waals surface area contributed by atoms with Crippen LogP contribution in [0.2, 0.25) is 0 Å². The molecule has 2 aromatic carbocycles. The first-order valence-electron chi connectivity index (χ1n) is 8.25. The van der Waals surface area contributed by atoms with E-state index in [4.69, 9.17) is 9.15 Å². The highest BCUT2D eigenvalue weighted by Gasteiger charge is 2.15. The maximum atomic E-state index is 12.2. The second kappa shape index (κ2) is 8.14. The molecule has 0 bridgehead atoms. The molecular formula is C21H17NO5. The van der Waals surface area contributed by atoms with Crippen LogP contribution in [-0.2, 0) is 4.74 Å². The van der Waals surface area contributed by atoms with Crippen LogP contribution in [0.1, 0.15) is 36.8 Å². The maximum absolute atomic E-state index is 12.2. The first-order valence-corrected chi connectivity index (χ1v) is 8.25. The summed E-state index contributed by atoms with van der Waals surface area (Å²) in [5, 5.41) is 2.75. The number of esters is 1. The van der Waals surface area contributed by atoms with Crippen molar-refractivity contribution in [1.82, 2.24) is 0 Å².